The Morgan fingerprint density at radius 1 is 1.53 bits per heavy atom. The van der Waals surface area contributed by atoms with Crippen molar-refractivity contribution in [3.8, 4) is 0 Å². The van der Waals surface area contributed by atoms with Crippen molar-refractivity contribution in [3.63, 3.8) is 0 Å². The Hall–Kier alpha value is -0.650. The highest BCUT2D eigenvalue weighted by Gasteiger charge is 2.26. The van der Waals surface area contributed by atoms with Crippen LogP contribution in [0.1, 0.15) is 13.8 Å². The molecule has 0 bridgehead atoms. The predicted molar refractivity (Wildman–Crippen MR) is 58.6 cm³/mol. The molecule has 1 rings (SSSR count). The first-order valence-corrected chi connectivity index (χ1v) is 5.52. The maximum atomic E-state index is 12.0. The molecular weight excluding hydrogens is 194 g/mol. The Labute approximate surface area is 90.8 Å². The van der Waals surface area contributed by atoms with Gasteiger partial charge in [0.1, 0.15) is 0 Å². The highest BCUT2D eigenvalue weighted by molar-refractivity contribution is 5.82. The molecule has 3 N–H and O–H groups in total. The largest absolute Gasteiger partial charge is 0.395 e. The lowest BCUT2D eigenvalue weighted by Crippen LogP contribution is -2.58. The van der Waals surface area contributed by atoms with Crippen LogP contribution < -0.4 is 10.6 Å². The number of hydrogen-bond donors (Lipinski definition) is 3. The summed E-state index contributed by atoms with van der Waals surface area (Å²) < 4.78 is 0. The maximum absolute atomic E-state index is 12.0. The van der Waals surface area contributed by atoms with E-state index in [0.717, 1.165) is 13.1 Å². The third-order valence-corrected chi connectivity index (χ3v) is 2.59. The number of amides is 1. The molecule has 1 amide bonds. The lowest BCUT2D eigenvalue weighted by atomic mass is 10.2. The first-order chi connectivity index (χ1) is 7.16. The molecule has 88 valence electrons. The number of nitrogens with one attached hydrogen (secondary N) is 2. The van der Waals surface area contributed by atoms with Crippen molar-refractivity contribution in [2.24, 2.45) is 0 Å². The van der Waals surface area contributed by atoms with E-state index in [1.807, 2.05) is 13.8 Å². The highest BCUT2D eigenvalue weighted by atomic mass is 16.3. The minimum atomic E-state index is -0.146. The molecule has 1 unspecified atom stereocenters. The molecule has 0 aliphatic carbocycles. The normalized spacial score (nSPS) is 21.7. The molecule has 1 saturated heterocycles. The molecule has 0 aromatic carbocycles. The van der Waals surface area contributed by atoms with E-state index >= 15 is 0 Å². The second kappa shape index (κ2) is 6.05. The summed E-state index contributed by atoms with van der Waals surface area (Å²) in [5, 5.41) is 15.3. The van der Waals surface area contributed by atoms with Crippen molar-refractivity contribution in [3.05, 3.63) is 0 Å². The van der Waals surface area contributed by atoms with Crippen LogP contribution in [-0.2, 0) is 4.79 Å². The molecule has 1 aliphatic heterocycles. The minimum absolute atomic E-state index is 0.0179. The average molecular weight is 215 g/mol. The minimum Gasteiger partial charge on any atom is -0.395 e. The summed E-state index contributed by atoms with van der Waals surface area (Å²) in [4.78, 5) is 13.8. The second-order valence-electron chi connectivity index (χ2n) is 4.06. The van der Waals surface area contributed by atoms with Gasteiger partial charge in [0, 0.05) is 32.2 Å². The number of piperazine rings is 1. The van der Waals surface area contributed by atoms with Crippen molar-refractivity contribution < 1.29 is 9.90 Å². The number of aliphatic hydroxyl groups excluding tert-OH is 1. The maximum Gasteiger partial charge on any atom is 0.241 e. The average Bonchev–Trinajstić information content (AvgIpc) is 2.26. The summed E-state index contributed by atoms with van der Waals surface area (Å²) >= 11 is 0. The zero-order valence-corrected chi connectivity index (χ0v) is 9.49. The van der Waals surface area contributed by atoms with E-state index < -0.39 is 0 Å². The number of rotatable bonds is 4. The van der Waals surface area contributed by atoms with Gasteiger partial charge in [-0.15, -0.1) is 0 Å². The van der Waals surface area contributed by atoms with E-state index in [4.69, 9.17) is 5.11 Å². The number of hydrogen-bond acceptors (Lipinski definition) is 4. The SMILES string of the molecule is CC(C)N(CCO)C(=O)C1CNCCN1. The topological polar surface area (TPSA) is 64.6 Å². The number of carbonyl (C=O) groups is 1. The fourth-order valence-corrected chi connectivity index (χ4v) is 1.76. The molecular formula is C10H21N3O2. The van der Waals surface area contributed by atoms with Crippen LogP contribution in [0, 0.1) is 0 Å². The van der Waals surface area contributed by atoms with Crippen molar-refractivity contribution >= 4 is 5.91 Å². The molecule has 5 heteroatoms. The van der Waals surface area contributed by atoms with E-state index in [9.17, 15) is 4.79 Å². The van der Waals surface area contributed by atoms with Crippen LogP contribution in [0.3, 0.4) is 0 Å². The van der Waals surface area contributed by atoms with Crippen LogP contribution in [0.5, 0.6) is 0 Å². The van der Waals surface area contributed by atoms with E-state index in [2.05, 4.69) is 10.6 Å². The summed E-state index contributed by atoms with van der Waals surface area (Å²) in [5.74, 6) is 0.0752. The van der Waals surface area contributed by atoms with E-state index in [1.54, 1.807) is 4.90 Å². The van der Waals surface area contributed by atoms with Gasteiger partial charge in [-0.1, -0.05) is 0 Å². The first kappa shape index (κ1) is 12.4. The van der Waals surface area contributed by atoms with Crippen LogP contribution in [0.15, 0.2) is 0 Å². The molecule has 0 radical (unpaired) electrons. The van der Waals surface area contributed by atoms with Gasteiger partial charge >= 0.3 is 0 Å². The predicted octanol–water partition coefficient (Wildman–Crippen LogP) is -1.22. The molecule has 1 atom stereocenters. The summed E-state index contributed by atoms with van der Waals surface area (Å²) in [5.41, 5.74) is 0. The highest BCUT2D eigenvalue weighted by Crippen LogP contribution is 2.02. The van der Waals surface area contributed by atoms with E-state index in [0.29, 0.717) is 13.1 Å². The van der Waals surface area contributed by atoms with Gasteiger partial charge in [0.05, 0.1) is 12.6 Å². The first-order valence-electron chi connectivity index (χ1n) is 5.52. The summed E-state index contributed by atoms with van der Waals surface area (Å²) in [6.45, 7) is 6.76. The van der Waals surface area contributed by atoms with Gasteiger partial charge < -0.3 is 20.6 Å². The van der Waals surface area contributed by atoms with Crippen LogP contribution in [0.25, 0.3) is 0 Å². The van der Waals surface area contributed by atoms with E-state index in [1.165, 1.54) is 0 Å². The van der Waals surface area contributed by atoms with Crippen molar-refractivity contribution in [1.82, 2.24) is 15.5 Å². The fraction of sp³-hybridized carbons (Fsp3) is 0.900. The smallest absolute Gasteiger partial charge is 0.241 e. The Morgan fingerprint density at radius 2 is 2.27 bits per heavy atom. The van der Waals surface area contributed by atoms with Gasteiger partial charge in [0.2, 0.25) is 5.91 Å². The monoisotopic (exact) mass is 215 g/mol. The van der Waals surface area contributed by atoms with Crippen LogP contribution in [0.2, 0.25) is 0 Å². The van der Waals surface area contributed by atoms with Crippen molar-refractivity contribution in [2.75, 3.05) is 32.8 Å². The number of carbonyl (C=O) groups excluding carboxylic acids is 1. The van der Waals surface area contributed by atoms with Gasteiger partial charge in [-0.2, -0.15) is 0 Å². The molecule has 15 heavy (non-hydrogen) atoms. The lowest BCUT2D eigenvalue weighted by Gasteiger charge is -2.32. The quantitative estimate of drug-likeness (QED) is 0.550. The molecule has 0 aromatic rings. The summed E-state index contributed by atoms with van der Waals surface area (Å²) in [6.07, 6.45) is 0. The van der Waals surface area contributed by atoms with Crippen molar-refractivity contribution in [1.29, 1.82) is 0 Å². The number of aliphatic hydroxyl groups is 1. The number of nitrogens with zero attached hydrogens (tertiary/aromatic N) is 1. The van der Waals surface area contributed by atoms with Gasteiger partial charge in [-0.25, -0.2) is 0 Å². The Kier molecular flexibility index (Phi) is 5.01. The molecule has 0 saturated carbocycles. The van der Waals surface area contributed by atoms with Gasteiger partial charge in [0.25, 0.3) is 0 Å². The molecule has 0 spiro atoms. The molecule has 1 aliphatic rings. The molecule has 5 nitrogen and oxygen atoms in total. The zero-order chi connectivity index (χ0) is 11.3. The van der Waals surface area contributed by atoms with Crippen molar-refractivity contribution in [2.45, 2.75) is 25.9 Å². The van der Waals surface area contributed by atoms with E-state index in [-0.39, 0.29) is 24.6 Å². The standard InChI is InChI=1S/C10H21N3O2/c1-8(2)13(5-6-14)10(15)9-7-11-3-4-12-9/h8-9,11-12,14H,3-7H2,1-2H3. The third-order valence-electron chi connectivity index (χ3n) is 2.59. The summed E-state index contributed by atoms with van der Waals surface area (Å²) in [6, 6.07) is -0.0129. The molecule has 1 heterocycles. The Bertz CT molecular complexity index is 203. The van der Waals surface area contributed by atoms with Crippen LogP contribution in [-0.4, -0.2) is 60.8 Å². The van der Waals surface area contributed by atoms with Gasteiger partial charge in [-0.3, -0.25) is 4.79 Å². The second-order valence-corrected chi connectivity index (χ2v) is 4.06. The molecule has 0 aromatic heterocycles. The Balaban J connectivity index is 2.53. The fourth-order valence-electron chi connectivity index (χ4n) is 1.76. The third kappa shape index (κ3) is 3.44. The van der Waals surface area contributed by atoms with Gasteiger partial charge in [-0.05, 0) is 13.8 Å². The van der Waals surface area contributed by atoms with Crippen LogP contribution >= 0.6 is 0 Å². The van der Waals surface area contributed by atoms with Gasteiger partial charge in [0.15, 0.2) is 0 Å². The lowest BCUT2D eigenvalue weighted by molar-refractivity contribution is -0.135. The van der Waals surface area contributed by atoms with Crippen LogP contribution in [0.4, 0.5) is 0 Å². The summed E-state index contributed by atoms with van der Waals surface area (Å²) in [7, 11) is 0. The zero-order valence-electron chi connectivity index (χ0n) is 9.49. The Morgan fingerprint density at radius 3 is 2.73 bits per heavy atom. The molecule has 1 fully saturated rings.